The van der Waals surface area contributed by atoms with Crippen LogP contribution in [0.15, 0.2) is 61.1 Å². The van der Waals surface area contributed by atoms with Crippen LogP contribution in [-0.2, 0) is 0 Å². The van der Waals surface area contributed by atoms with Gasteiger partial charge in [-0.1, -0.05) is 29.8 Å². The minimum absolute atomic E-state index is 0.0608. The van der Waals surface area contributed by atoms with Crippen molar-refractivity contribution in [3.05, 3.63) is 71.6 Å². The van der Waals surface area contributed by atoms with Crippen LogP contribution in [0.4, 0.5) is 5.82 Å². The number of hydrogen-bond acceptors (Lipinski definition) is 5. The second-order valence-corrected chi connectivity index (χ2v) is 6.80. The fourth-order valence-electron chi connectivity index (χ4n) is 3.40. The number of nitrogens with one attached hydrogen (secondary N) is 1. The molecule has 0 spiro atoms. The van der Waals surface area contributed by atoms with Gasteiger partial charge in [-0.25, -0.2) is 14.6 Å². The van der Waals surface area contributed by atoms with Crippen molar-refractivity contribution in [1.29, 1.82) is 0 Å². The Kier molecular flexibility index (Phi) is 3.90. The number of aromatic nitrogens is 4. The average Bonchev–Trinajstić information content (AvgIpc) is 3.14. The quantitative estimate of drug-likeness (QED) is 0.573. The molecule has 27 heavy (non-hydrogen) atoms. The summed E-state index contributed by atoms with van der Waals surface area (Å²) in [6.45, 7) is 0.643. The van der Waals surface area contributed by atoms with E-state index in [0.717, 1.165) is 40.3 Å². The van der Waals surface area contributed by atoms with E-state index in [9.17, 15) is 0 Å². The maximum absolute atomic E-state index is 6.19. The number of nitrogens with zero attached hydrogens (tertiary/aromatic N) is 4. The molecule has 2 aromatic carbocycles. The Bertz CT molecular complexity index is 1110. The zero-order valence-corrected chi connectivity index (χ0v) is 15.1. The first-order valence-corrected chi connectivity index (χ1v) is 9.10. The highest BCUT2D eigenvalue weighted by molar-refractivity contribution is 6.30. The van der Waals surface area contributed by atoms with E-state index in [-0.39, 0.29) is 6.04 Å². The molecule has 1 aliphatic heterocycles. The number of rotatable bonds is 3. The topological polar surface area (TPSA) is 64.9 Å². The molecule has 5 rings (SSSR count). The minimum Gasteiger partial charge on any atom is -0.493 e. The number of anilines is 1. The summed E-state index contributed by atoms with van der Waals surface area (Å²) in [5, 5.41) is 9.60. The molecule has 1 N–H and O–H groups in total. The van der Waals surface area contributed by atoms with Gasteiger partial charge in [-0.05, 0) is 30.3 Å². The van der Waals surface area contributed by atoms with Crippen LogP contribution in [-0.4, -0.2) is 26.4 Å². The zero-order chi connectivity index (χ0) is 18.2. The van der Waals surface area contributed by atoms with Crippen molar-refractivity contribution in [1.82, 2.24) is 19.7 Å². The Labute approximate surface area is 160 Å². The molecule has 3 heterocycles. The highest BCUT2D eigenvalue weighted by Gasteiger charge is 2.23. The molecule has 4 aromatic rings. The molecule has 0 amide bonds. The summed E-state index contributed by atoms with van der Waals surface area (Å²) >= 11 is 6.19. The monoisotopic (exact) mass is 377 g/mol. The summed E-state index contributed by atoms with van der Waals surface area (Å²) in [6.07, 6.45) is 4.18. The standard InChI is InChI=1S/C20H16ClN5O/c21-13-6-7-18-15(10-13)17(8-9-27-18)25-19-16-11-24-26(20(16)23-12-22-19)14-4-2-1-3-5-14/h1-7,10-12,17H,8-9H2,(H,22,23,25). The number of fused-ring (bicyclic) bond motifs is 2. The van der Waals surface area contributed by atoms with Crippen LogP contribution in [0.2, 0.25) is 5.02 Å². The first-order chi connectivity index (χ1) is 13.3. The maximum Gasteiger partial charge on any atom is 0.168 e. The highest BCUT2D eigenvalue weighted by atomic mass is 35.5. The Morgan fingerprint density at radius 1 is 1.11 bits per heavy atom. The number of benzene rings is 2. The maximum atomic E-state index is 6.19. The van der Waals surface area contributed by atoms with E-state index in [4.69, 9.17) is 16.3 Å². The zero-order valence-electron chi connectivity index (χ0n) is 14.3. The number of halogens is 1. The third-order valence-electron chi connectivity index (χ3n) is 4.69. The molecular formula is C20H16ClN5O. The Balaban J connectivity index is 1.54. The number of ether oxygens (including phenoxy) is 1. The SMILES string of the molecule is Clc1ccc2c(c1)C(Nc1ncnc3c1cnn3-c1ccccc1)CCO2. The molecule has 1 aliphatic rings. The fraction of sp³-hybridized carbons (Fsp3) is 0.150. The lowest BCUT2D eigenvalue weighted by Crippen LogP contribution is -2.21. The molecule has 0 aliphatic carbocycles. The van der Waals surface area contributed by atoms with Crippen LogP contribution in [0, 0.1) is 0 Å². The van der Waals surface area contributed by atoms with Crippen molar-refractivity contribution in [2.45, 2.75) is 12.5 Å². The third-order valence-corrected chi connectivity index (χ3v) is 4.92. The third kappa shape index (κ3) is 2.88. The van der Waals surface area contributed by atoms with Crippen LogP contribution < -0.4 is 10.1 Å². The van der Waals surface area contributed by atoms with Crippen LogP contribution in [0.5, 0.6) is 5.75 Å². The van der Waals surface area contributed by atoms with Crippen LogP contribution in [0.25, 0.3) is 16.7 Å². The van der Waals surface area contributed by atoms with Gasteiger partial charge in [0.1, 0.15) is 17.9 Å². The van der Waals surface area contributed by atoms with Gasteiger partial charge in [-0.15, -0.1) is 0 Å². The van der Waals surface area contributed by atoms with Crippen molar-refractivity contribution >= 4 is 28.5 Å². The summed E-state index contributed by atoms with van der Waals surface area (Å²) in [6, 6.07) is 15.7. The molecule has 7 heteroatoms. The number of hydrogen-bond donors (Lipinski definition) is 1. The van der Waals surface area contributed by atoms with E-state index >= 15 is 0 Å². The predicted molar refractivity (Wildman–Crippen MR) is 105 cm³/mol. The summed E-state index contributed by atoms with van der Waals surface area (Å²) in [7, 11) is 0. The summed E-state index contributed by atoms with van der Waals surface area (Å²) in [4.78, 5) is 8.89. The summed E-state index contributed by atoms with van der Waals surface area (Å²) < 4.78 is 7.56. The first kappa shape index (κ1) is 16.1. The molecule has 0 radical (unpaired) electrons. The Morgan fingerprint density at radius 2 is 2.00 bits per heavy atom. The van der Waals surface area contributed by atoms with Gasteiger partial charge >= 0.3 is 0 Å². The van der Waals surface area contributed by atoms with E-state index in [2.05, 4.69) is 20.4 Å². The van der Waals surface area contributed by atoms with E-state index in [0.29, 0.717) is 11.6 Å². The molecule has 134 valence electrons. The normalized spacial score (nSPS) is 16.0. The van der Waals surface area contributed by atoms with Crippen molar-refractivity contribution < 1.29 is 4.74 Å². The largest absolute Gasteiger partial charge is 0.493 e. The van der Waals surface area contributed by atoms with E-state index in [1.54, 1.807) is 12.5 Å². The molecule has 0 saturated heterocycles. The second-order valence-electron chi connectivity index (χ2n) is 6.37. The molecule has 0 saturated carbocycles. The fourth-order valence-corrected chi connectivity index (χ4v) is 3.58. The van der Waals surface area contributed by atoms with E-state index < -0.39 is 0 Å². The summed E-state index contributed by atoms with van der Waals surface area (Å²) in [5.41, 5.74) is 2.76. The molecule has 1 unspecified atom stereocenters. The van der Waals surface area contributed by atoms with Gasteiger partial charge in [0.05, 0.1) is 29.9 Å². The van der Waals surface area contributed by atoms with Crippen LogP contribution >= 0.6 is 11.6 Å². The molecule has 1 atom stereocenters. The van der Waals surface area contributed by atoms with Crippen molar-refractivity contribution in [3.63, 3.8) is 0 Å². The van der Waals surface area contributed by atoms with Crippen molar-refractivity contribution in [2.75, 3.05) is 11.9 Å². The van der Waals surface area contributed by atoms with Crippen molar-refractivity contribution in [3.8, 4) is 11.4 Å². The van der Waals surface area contributed by atoms with Gasteiger partial charge in [0.15, 0.2) is 5.65 Å². The smallest absolute Gasteiger partial charge is 0.168 e. The van der Waals surface area contributed by atoms with E-state index in [1.807, 2.05) is 53.2 Å². The molecular weight excluding hydrogens is 362 g/mol. The molecule has 0 fully saturated rings. The van der Waals surface area contributed by atoms with Gasteiger partial charge in [0.2, 0.25) is 0 Å². The van der Waals surface area contributed by atoms with Gasteiger partial charge in [-0.2, -0.15) is 5.10 Å². The van der Waals surface area contributed by atoms with Gasteiger partial charge in [0.25, 0.3) is 0 Å². The number of para-hydroxylation sites is 1. The van der Waals surface area contributed by atoms with Gasteiger partial charge < -0.3 is 10.1 Å². The summed E-state index contributed by atoms with van der Waals surface area (Å²) in [5.74, 6) is 1.61. The second kappa shape index (κ2) is 6.55. The lowest BCUT2D eigenvalue weighted by atomic mass is 10.0. The van der Waals surface area contributed by atoms with Crippen LogP contribution in [0.3, 0.4) is 0 Å². The van der Waals surface area contributed by atoms with Gasteiger partial charge in [0, 0.05) is 17.0 Å². The van der Waals surface area contributed by atoms with E-state index in [1.165, 1.54) is 0 Å². The minimum atomic E-state index is 0.0608. The average molecular weight is 378 g/mol. The molecule has 0 bridgehead atoms. The first-order valence-electron chi connectivity index (χ1n) is 8.72. The Morgan fingerprint density at radius 3 is 2.89 bits per heavy atom. The van der Waals surface area contributed by atoms with Gasteiger partial charge in [-0.3, -0.25) is 0 Å². The van der Waals surface area contributed by atoms with Crippen molar-refractivity contribution in [2.24, 2.45) is 0 Å². The highest BCUT2D eigenvalue weighted by Crippen LogP contribution is 2.36. The van der Waals surface area contributed by atoms with Crippen LogP contribution in [0.1, 0.15) is 18.0 Å². The molecule has 2 aromatic heterocycles. The lowest BCUT2D eigenvalue weighted by Gasteiger charge is -2.27. The predicted octanol–water partition coefficient (Wildman–Crippen LogP) is 4.40. The molecule has 6 nitrogen and oxygen atoms in total. The lowest BCUT2D eigenvalue weighted by molar-refractivity contribution is 0.274. The Hall–Kier alpha value is -3.12.